The summed E-state index contributed by atoms with van der Waals surface area (Å²) < 4.78 is 24.4. The first-order valence-electron chi connectivity index (χ1n) is 19.3. The van der Waals surface area contributed by atoms with Gasteiger partial charge in [-0.2, -0.15) is 9.97 Å². The summed E-state index contributed by atoms with van der Waals surface area (Å²) in [5, 5.41) is 0. The molecule has 52 heavy (non-hydrogen) atoms. The normalized spacial score (nSPS) is 24.5. The molecule has 1 saturated carbocycles. The smallest absolute Gasteiger partial charge is 0.318 e. The predicted molar refractivity (Wildman–Crippen MR) is 196 cm³/mol. The van der Waals surface area contributed by atoms with Crippen LogP contribution in [0.25, 0.3) is 4.85 Å². The van der Waals surface area contributed by atoms with Gasteiger partial charge in [-0.05, 0) is 36.8 Å². The van der Waals surface area contributed by atoms with E-state index in [9.17, 15) is 4.79 Å². The van der Waals surface area contributed by atoms with Gasteiger partial charge in [-0.15, -0.1) is 0 Å². The van der Waals surface area contributed by atoms with Crippen molar-refractivity contribution < 1.29 is 23.7 Å². The standard InChI is InChI=1S/C40H53N7O5/c1-41-25-32-26-46(16-17-47(32)36(48)8-5-13-44-14-9-33(49-2)10-15-44)37-34-27-52-40(22-30-6-3-4-7-31(30)23-40)24-35(34)42-38(43-37)51-29-39(11-12-39)28-45-18-20-50-21-19-45/h3-8,32-33H,9-29H2,2H3/b8-5+/t32-/m0/s1. The van der Waals surface area contributed by atoms with Crippen LogP contribution >= 0.6 is 0 Å². The predicted octanol–water partition coefficient (Wildman–Crippen LogP) is 3.18. The van der Waals surface area contributed by atoms with Crippen molar-refractivity contribution in [2.24, 2.45) is 5.41 Å². The van der Waals surface area contributed by atoms with E-state index in [1.807, 2.05) is 11.0 Å². The fourth-order valence-corrected chi connectivity index (χ4v) is 8.88. The van der Waals surface area contributed by atoms with Crippen molar-refractivity contribution in [3.63, 3.8) is 0 Å². The summed E-state index contributed by atoms with van der Waals surface area (Å²) >= 11 is 0. The summed E-state index contributed by atoms with van der Waals surface area (Å²) in [5.74, 6) is 0.787. The number of ether oxygens (including phenoxy) is 4. The third kappa shape index (κ3) is 7.85. The summed E-state index contributed by atoms with van der Waals surface area (Å²) in [6.07, 6.45) is 10.8. The molecule has 0 N–H and O–H groups in total. The van der Waals surface area contributed by atoms with Crippen molar-refractivity contribution in [1.82, 2.24) is 24.7 Å². The minimum Gasteiger partial charge on any atom is -0.463 e. The molecule has 0 bridgehead atoms. The topological polar surface area (TPSA) is 97.1 Å². The van der Waals surface area contributed by atoms with Crippen LogP contribution in [0.3, 0.4) is 0 Å². The van der Waals surface area contributed by atoms with Gasteiger partial charge in [0.2, 0.25) is 12.5 Å². The molecule has 1 aromatic heterocycles. The van der Waals surface area contributed by atoms with Crippen LogP contribution < -0.4 is 9.64 Å². The molecule has 278 valence electrons. The highest BCUT2D eigenvalue weighted by Crippen LogP contribution is 2.47. The Hall–Kier alpha value is -3.60. The lowest BCUT2D eigenvalue weighted by molar-refractivity contribution is -0.128. The van der Waals surface area contributed by atoms with Crippen LogP contribution in [-0.2, 0) is 44.9 Å². The number of carbonyl (C=O) groups is 1. The Labute approximate surface area is 307 Å². The number of aromatic nitrogens is 2. The quantitative estimate of drug-likeness (QED) is 0.256. The highest BCUT2D eigenvalue weighted by Gasteiger charge is 2.46. The molecule has 2 aromatic rings. The second kappa shape index (κ2) is 15.4. The van der Waals surface area contributed by atoms with Crippen LogP contribution in [0.15, 0.2) is 36.4 Å². The molecule has 2 aliphatic carbocycles. The largest absolute Gasteiger partial charge is 0.463 e. The molecule has 12 heteroatoms. The fourth-order valence-electron chi connectivity index (χ4n) is 8.88. The highest BCUT2D eigenvalue weighted by atomic mass is 16.5. The number of piperidine rings is 1. The maximum Gasteiger partial charge on any atom is 0.318 e. The number of anilines is 1. The van der Waals surface area contributed by atoms with Gasteiger partial charge in [0, 0.05) is 102 Å². The first-order valence-corrected chi connectivity index (χ1v) is 19.3. The molecule has 0 radical (unpaired) electrons. The first-order chi connectivity index (χ1) is 25.4. The fraction of sp³-hybridized carbons (Fsp3) is 0.650. The molecular weight excluding hydrogens is 658 g/mol. The SMILES string of the molecule is [C-]#[N+]C[C@H]1CN(c2nc(OCC3(CN4CCOCC4)CC3)nc3c2COC2(Cc4ccccc4C2)C3)CCN1C(=O)/C=C/CN1CCC(OC)CC1. The number of likely N-dealkylation sites (tertiary alicyclic amines) is 1. The van der Waals surface area contributed by atoms with E-state index >= 15 is 0 Å². The molecule has 5 heterocycles. The number of rotatable bonds is 11. The Morgan fingerprint density at radius 1 is 1.02 bits per heavy atom. The number of benzene rings is 1. The van der Waals surface area contributed by atoms with E-state index in [1.165, 1.54) is 11.1 Å². The minimum atomic E-state index is -0.322. The summed E-state index contributed by atoms with van der Waals surface area (Å²) in [7, 11) is 1.78. The maximum absolute atomic E-state index is 13.5. The second-order valence-corrected chi connectivity index (χ2v) is 15.8. The van der Waals surface area contributed by atoms with Crippen LogP contribution in [0.1, 0.15) is 48.1 Å². The number of methoxy groups -OCH3 is 1. The van der Waals surface area contributed by atoms with Gasteiger partial charge in [0.25, 0.3) is 0 Å². The van der Waals surface area contributed by atoms with E-state index in [0.29, 0.717) is 51.4 Å². The number of hydrogen-bond acceptors (Lipinski definition) is 10. The molecule has 1 spiro atoms. The van der Waals surface area contributed by atoms with E-state index in [2.05, 4.69) is 43.8 Å². The molecule has 0 unspecified atom stereocenters. The highest BCUT2D eigenvalue weighted by molar-refractivity contribution is 5.88. The third-order valence-corrected chi connectivity index (χ3v) is 12.2. The van der Waals surface area contributed by atoms with Crippen LogP contribution in [0.2, 0.25) is 0 Å². The summed E-state index contributed by atoms with van der Waals surface area (Å²) in [5.41, 5.74) is 4.51. The van der Waals surface area contributed by atoms with E-state index < -0.39 is 0 Å². The number of fused-ring (bicyclic) bond motifs is 2. The zero-order valence-corrected chi connectivity index (χ0v) is 30.6. The Balaban J connectivity index is 0.990. The third-order valence-electron chi connectivity index (χ3n) is 12.2. The summed E-state index contributed by atoms with van der Waals surface area (Å²) in [6.45, 7) is 17.9. The lowest BCUT2D eigenvalue weighted by Crippen LogP contribution is -2.56. The Morgan fingerprint density at radius 3 is 2.50 bits per heavy atom. The van der Waals surface area contributed by atoms with Gasteiger partial charge < -0.3 is 33.6 Å². The average molecular weight is 712 g/mol. The van der Waals surface area contributed by atoms with Gasteiger partial charge in [-0.3, -0.25) is 14.6 Å². The van der Waals surface area contributed by atoms with Crippen LogP contribution in [0.4, 0.5) is 5.82 Å². The van der Waals surface area contributed by atoms with Gasteiger partial charge in [-0.1, -0.05) is 30.3 Å². The van der Waals surface area contributed by atoms with E-state index in [-0.39, 0.29) is 29.5 Å². The number of nitrogens with zero attached hydrogens (tertiary/aromatic N) is 7. The number of morpholine rings is 1. The van der Waals surface area contributed by atoms with Crippen molar-refractivity contribution in [2.45, 2.75) is 69.3 Å². The van der Waals surface area contributed by atoms with Gasteiger partial charge in [0.1, 0.15) is 11.9 Å². The number of piperazine rings is 1. The summed E-state index contributed by atoms with van der Waals surface area (Å²) in [4.78, 5) is 36.4. The number of carbonyl (C=O) groups excluding carboxylic acids is 1. The van der Waals surface area contributed by atoms with Crippen LogP contribution in [-0.4, -0.2) is 141 Å². The average Bonchev–Trinajstić information content (AvgIpc) is 3.84. The van der Waals surface area contributed by atoms with Crippen molar-refractivity contribution in [1.29, 1.82) is 0 Å². The first kappa shape index (κ1) is 35.4. The molecule has 1 amide bonds. The maximum atomic E-state index is 13.5. The molecular formula is C40H53N7O5. The Bertz CT molecular complexity index is 1630. The molecule has 8 rings (SSSR count). The Kier molecular flexibility index (Phi) is 10.5. The number of amides is 1. The summed E-state index contributed by atoms with van der Waals surface area (Å²) in [6, 6.07) is 8.82. The van der Waals surface area contributed by atoms with Crippen LogP contribution in [0.5, 0.6) is 6.01 Å². The Morgan fingerprint density at radius 2 is 1.79 bits per heavy atom. The van der Waals surface area contributed by atoms with Crippen molar-refractivity contribution in [3.8, 4) is 6.01 Å². The van der Waals surface area contributed by atoms with Crippen LogP contribution in [0, 0.1) is 12.0 Å². The zero-order valence-electron chi connectivity index (χ0n) is 30.6. The lowest BCUT2D eigenvalue weighted by Gasteiger charge is -2.41. The van der Waals surface area contributed by atoms with E-state index in [4.69, 9.17) is 35.5 Å². The monoisotopic (exact) mass is 711 g/mol. The lowest BCUT2D eigenvalue weighted by atomic mass is 9.89. The number of hydrogen-bond donors (Lipinski definition) is 0. The van der Waals surface area contributed by atoms with Crippen molar-refractivity contribution >= 4 is 11.7 Å². The van der Waals surface area contributed by atoms with Gasteiger partial charge in [-0.25, -0.2) is 6.57 Å². The van der Waals surface area contributed by atoms with Gasteiger partial charge in [0.15, 0.2) is 0 Å². The molecule has 4 aliphatic heterocycles. The molecule has 12 nitrogen and oxygen atoms in total. The van der Waals surface area contributed by atoms with Crippen molar-refractivity contribution in [3.05, 3.63) is 70.2 Å². The second-order valence-electron chi connectivity index (χ2n) is 15.8. The molecule has 6 aliphatic rings. The zero-order chi connectivity index (χ0) is 35.5. The van der Waals surface area contributed by atoms with Gasteiger partial charge >= 0.3 is 6.01 Å². The van der Waals surface area contributed by atoms with E-state index in [0.717, 1.165) is 108 Å². The minimum absolute atomic E-state index is 0.0325. The van der Waals surface area contributed by atoms with E-state index in [1.54, 1.807) is 13.2 Å². The van der Waals surface area contributed by atoms with Crippen molar-refractivity contribution in [2.75, 3.05) is 97.3 Å². The van der Waals surface area contributed by atoms with Gasteiger partial charge in [0.05, 0.1) is 43.8 Å². The molecule has 1 atom stereocenters. The molecule has 3 saturated heterocycles. The molecule has 4 fully saturated rings. The molecule has 1 aromatic carbocycles.